The van der Waals surface area contributed by atoms with Crippen LogP contribution in [0.4, 0.5) is 0 Å². The normalized spacial score (nSPS) is 22.3. The third-order valence-electron chi connectivity index (χ3n) is 4.01. The van der Waals surface area contributed by atoms with E-state index < -0.39 is 0 Å². The van der Waals surface area contributed by atoms with Gasteiger partial charge < -0.3 is 9.73 Å². The van der Waals surface area contributed by atoms with Crippen molar-refractivity contribution in [1.29, 1.82) is 0 Å². The van der Waals surface area contributed by atoms with Crippen LogP contribution in [-0.4, -0.2) is 27.7 Å². The highest BCUT2D eigenvalue weighted by Crippen LogP contribution is 2.27. The van der Waals surface area contributed by atoms with E-state index in [9.17, 15) is 0 Å². The van der Waals surface area contributed by atoms with Gasteiger partial charge in [0.05, 0.1) is 6.54 Å². The average molecular weight is 303 g/mol. The van der Waals surface area contributed by atoms with E-state index in [-0.39, 0.29) is 0 Å². The summed E-state index contributed by atoms with van der Waals surface area (Å²) < 4.78 is 5.74. The van der Waals surface area contributed by atoms with Crippen LogP contribution in [0.3, 0.4) is 0 Å². The van der Waals surface area contributed by atoms with E-state index in [1.54, 1.807) is 0 Å². The van der Waals surface area contributed by atoms with Crippen LogP contribution in [0.5, 0.6) is 0 Å². The van der Waals surface area contributed by atoms with E-state index in [4.69, 9.17) is 4.42 Å². The molecule has 1 aromatic heterocycles. The summed E-state index contributed by atoms with van der Waals surface area (Å²) in [6.45, 7) is 0.654. The zero-order chi connectivity index (χ0) is 14.5. The summed E-state index contributed by atoms with van der Waals surface area (Å²) in [4.78, 5) is 0. The molecule has 0 bridgehead atoms. The molecule has 1 fully saturated rings. The summed E-state index contributed by atoms with van der Waals surface area (Å²) in [5.74, 6) is 1.26. The third kappa shape index (κ3) is 3.66. The minimum Gasteiger partial charge on any atom is -0.419 e. The first-order valence-corrected chi connectivity index (χ1v) is 8.79. The van der Waals surface area contributed by atoms with Crippen molar-refractivity contribution >= 4 is 11.8 Å². The van der Waals surface area contributed by atoms with Gasteiger partial charge in [0.2, 0.25) is 11.8 Å². The van der Waals surface area contributed by atoms with Crippen LogP contribution in [0.2, 0.25) is 0 Å². The standard InChI is InChI=1S/C16H21N3OS/c1-21-14-10-6-5-9-13(14)17-11-15-18-19-16(20-15)12-7-3-2-4-8-12/h2-4,7-8,13-14,17H,5-6,9-11H2,1H3. The minimum atomic E-state index is 0.556. The van der Waals surface area contributed by atoms with Gasteiger partial charge in [-0.05, 0) is 31.2 Å². The maximum Gasteiger partial charge on any atom is 0.247 e. The Morgan fingerprint density at radius 1 is 1.19 bits per heavy atom. The lowest BCUT2D eigenvalue weighted by Gasteiger charge is -2.30. The van der Waals surface area contributed by atoms with Gasteiger partial charge in [0.15, 0.2) is 0 Å². The molecule has 1 aliphatic rings. The highest BCUT2D eigenvalue weighted by molar-refractivity contribution is 7.99. The summed E-state index contributed by atoms with van der Waals surface area (Å²) in [7, 11) is 0. The molecule has 1 heterocycles. The molecule has 112 valence electrons. The molecule has 21 heavy (non-hydrogen) atoms. The zero-order valence-corrected chi connectivity index (χ0v) is 13.1. The fraction of sp³-hybridized carbons (Fsp3) is 0.500. The quantitative estimate of drug-likeness (QED) is 0.916. The highest BCUT2D eigenvalue weighted by atomic mass is 32.2. The average Bonchev–Trinajstić information content (AvgIpc) is 3.03. The predicted octanol–water partition coefficient (Wildman–Crippen LogP) is 3.50. The Balaban J connectivity index is 1.60. The van der Waals surface area contributed by atoms with Gasteiger partial charge in [-0.3, -0.25) is 0 Å². The van der Waals surface area contributed by atoms with Crippen LogP contribution in [0, 0.1) is 0 Å². The van der Waals surface area contributed by atoms with E-state index in [1.165, 1.54) is 25.7 Å². The second-order valence-corrected chi connectivity index (χ2v) is 6.49. The Bertz CT molecular complexity index is 558. The number of thioether (sulfide) groups is 1. The van der Waals surface area contributed by atoms with Crippen LogP contribution in [-0.2, 0) is 6.54 Å². The Morgan fingerprint density at radius 2 is 2.00 bits per heavy atom. The molecule has 1 aromatic carbocycles. The molecule has 1 N–H and O–H groups in total. The van der Waals surface area contributed by atoms with Crippen molar-refractivity contribution in [3.05, 3.63) is 36.2 Å². The van der Waals surface area contributed by atoms with Gasteiger partial charge >= 0.3 is 0 Å². The molecule has 4 nitrogen and oxygen atoms in total. The van der Waals surface area contributed by atoms with Crippen molar-refractivity contribution in [2.45, 2.75) is 43.5 Å². The monoisotopic (exact) mass is 303 g/mol. The van der Waals surface area contributed by atoms with Gasteiger partial charge in [-0.2, -0.15) is 11.8 Å². The van der Waals surface area contributed by atoms with Crippen LogP contribution in [0.1, 0.15) is 31.6 Å². The van der Waals surface area contributed by atoms with E-state index in [0.29, 0.717) is 29.6 Å². The first-order valence-electron chi connectivity index (χ1n) is 7.51. The predicted molar refractivity (Wildman–Crippen MR) is 86.1 cm³/mol. The summed E-state index contributed by atoms with van der Waals surface area (Å²) in [6.07, 6.45) is 7.41. The van der Waals surface area contributed by atoms with Gasteiger partial charge in [-0.25, -0.2) is 0 Å². The Labute approximate surface area is 129 Å². The topological polar surface area (TPSA) is 51.0 Å². The van der Waals surface area contributed by atoms with Crippen molar-refractivity contribution in [1.82, 2.24) is 15.5 Å². The van der Waals surface area contributed by atoms with Crippen molar-refractivity contribution in [3.63, 3.8) is 0 Å². The summed E-state index contributed by atoms with van der Waals surface area (Å²) in [5, 5.41) is 12.6. The lowest BCUT2D eigenvalue weighted by Crippen LogP contribution is -2.40. The van der Waals surface area contributed by atoms with Crippen molar-refractivity contribution < 1.29 is 4.42 Å². The van der Waals surface area contributed by atoms with Crippen LogP contribution in [0.25, 0.3) is 11.5 Å². The molecule has 5 heteroatoms. The Kier molecular flexibility index (Phi) is 4.93. The van der Waals surface area contributed by atoms with Gasteiger partial charge in [0, 0.05) is 16.9 Å². The fourth-order valence-corrected chi connectivity index (χ4v) is 3.82. The number of nitrogens with zero attached hydrogens (tertiary/aromatic N) is 2. The number of aromatic nitrogens is 2. The Hall–Kier alpha value is -1.33. The number of nitrogens with one attached hydrogen (secondary N) is 1. The first-order chi connectivity index (χ1) is 10.4. The maximum atomic E-state index is 5.74. The smallest absolute Gasteiger partial charge is 0.247 e. The van der Waals surface area contributed by atoms with Crippen LogP contribution < -0.4 is 5.32 Å². The van der Waals surface area contributed by atoms with Crippen molar-refractivity contribution in [2.24, 2.45) is 0 Å². The van der Waals surface area contributed by atoms with Gasteiger partial charge in [0.25, 0.3) is 0 Å². The van der Waals surface area contributed by atoms with Gasteiger partial charge in [-0.15, -0.1) is 10.2 Å². The second kappa shape index (κ2) is 7.09. The molecule has 0 radical (unpaired) electrons. The molecule has 0 spiro atoms. The molecule has 2 unspecified atom stereocenters. The molecule has 0 amide bonds. The first kappa shape index (κ1) is 14.6. The van der Waals surface area contributed by atoms with Crippen LogP contribution >= 0.6 is 11.8 Å². The van der Waals surface area contributed by atoms with E-state index in [0.717, 1.165) is 5.56 Å². The van der Waals surface area contributed by atoms with Crippen molar-refractivity contribution in [3.8, 4) is 11.5 Å². The van der Waals surface area contributed by atoms with Crippen LogP contribution in [0.15, 0.2) is 34.7 Å². The summed E-state index contributed by atoms with van der Waals surface area (Å²) in [5.41, 5.74) is 0.968. The molecule has 0 aliphatic heterocycles. The fourth-order valence-electron chi connectivity index (χ4n) is 2.85. The maximum absolute atomic E-state index is 5.74. The molecule has 0 saturated heterocycles. The molecular weight excluding hydrogens is 282 g/mol. The summed E-state index contributed by atoms with van der Waals surface area (Å²) >= 11 is 1.96. The highest BCUT2D eigenvalue weighted by Gasteiger charge is 2.24. The molecule has 3 rings (SSSR count). The van der Waals surface area contributed by atoms with Gasteiger partial charge in [-0.1, -0.05) is 31.0 Å². The van der Waals surface area contributed by atoms with Gasteiger partial charge in [0.1, 0.15) is 0 Å². The second-order valence-electron chi connectivity index (χ2n) is 5.41. The van der Waals surface area contributed by atoms with E-state index >= 15 is 0 Å². The molecule has 2 aromatic rings. The van der Waals surface area contributed by atoms with E-state index in [2.05, 4.69) is 21.8 Å². The third-order valence-corrected chi connectivity index (χ3v) is 5.18. The summed E-state index contributed by atoms with van der Waals surface area (Å²) in [6, 6.07) is 10.4. The zero-order valence-electron chi connectivity index (χ0n) is 12.3. The number of hydrogen-bond donors (Lipinski definition) is 1. The number of hydrogen-bond acceptors (Lipinski definition) is 5. The van der Waals surface area contributed by atoms with E-state index in [1.807, 2.05) is 42.1 Å². The molecular formula is C16H21N3OS. The lowest BCUT2D eigenvalue weighted by molar-refractivity contribution is 0.363. The Morgan fingerprint density at radius 3 is 2.81 bits per heavy atom. The van der Waals surface area contributed by atoms with Crippen molar-refractivity contribution in [2.75, 3.05) is 6.26 Å². The minimum absolute atomic E-state index is 0.556. The lowest BCUT2D eigenvalue weighted by atomic mass is 9.95. The largest absolute Gasteiger partial charge is 0.419 e. The molecule has 1 saturated carbocycles. The molecule has 2 atom stereocenters. The number of rotatable bonds is 5. The number of benzene rings is 1. The molecule has 1 aliphatic carbocycles. The SMILES string of the molecule is CSC1CCCCC1NCc1nnc(-c2ccccc2)o1.